The Morgan fingerprint density at radius 3 is 1.46 bits per heavy atom. The molecule has 0 saturated heterocycles. The average molecular weight is 850 g/mol. The summed E-state index contributed by atoms with van der Waals surface area (Å²) in [6.07, 6.45) is 0. The van der Waals surface area contributed by atoms with Crippen molar-refractivity contribution < 1.29 is 0 Å². The molecule has 0 bridgehead atoms. The molecule has 4 aliphatic rings. The fourth-order valence-corrected chi connectivity index (χ4v) is 12.8. The van der Waals surface area contributed by atoms with E-state index in [2.05, 4.69) is 243 Å². The summed E-state index contributed by atoms with van der Waals surface area (Å²) in [7, 11) is 0. The summed E-state index contributed by atoms with van der Waals surface area (Å²) in [5, 5.41) is 9.26. The molecule has 0 aliphatic carbocycles. The smallest absolute Gasteiger partial charge is 0.253 e. The molecule has 0 unspecified atom stereocenters. The van der Waals surface area contributed by atoms with Gasteiger partial charge >= 0.3 is 0 Å². The zero-order valence-corrected chi connectivity index (χ0v) is 36.2. The Kier molecular flexibility index (Phi) is 6.91. The van der Waals surface area contributed by atoms with Crippen LogP contribution in [0.5, 0.6) is 0 Å². The average Bonchev–Trinajstić information content (AvgIpc) is 3.92. The predicted octanol–water partition coefficient (Wildman–Crippen LogP) is 11.3. The Labute approximate surface area is 387 Å². The van der Waals surface area contributed by atoms with Crippen molar-refractivity contribution in [2.24, 2.45) is 0 Å². The quantitative estimate of drug-likeness (QED) is 0.179. The highest BCUT2D eigenvalue weighted by Gasteiger charge is 2.46. The van der Waals surface area contributed by atoms with Gasteiger partial charge in [0.2, 0.25) is 0 Å². The van der Waals surface area contributed by atoms with Gasteiger partial charge in [0.15, 0.2) is 0 Å². The summed E-state index contributed by atoms with van der Waals surface area (Å²) in [4.78, 5) is 7.44. The van der Waals surface area contributed by atoms with E-state index in [1.54, 1.807) is 0 Å². The topological polar surface area (TPSA) is 26.2 Å². The van der Waals surface area contributed by atoms with Gasteiger partial charge in [-0.3, -0.25) is 0 Å². The van der Waals surface area contributed by atoms with E-state index >= 15 is 0 Å². The Morgan fingerprint density at radius 1 is 0.313 bits per heavy atom. The lowest BCUT2D eigenvalue weighted by molar-refractivity contribution is 1.25. The van der Waals surface area contributed by atoms with Crippen LogP contribution in [0.3, 0.4) is 0 Å². The molecule has 16 rings (SSSR count). The van der Waals surface area contributed by atoms with Gasteiger partial charge in [0.25, 0.3) is 13.4 Å². The van der Waals surface area contributed by atoms with Crippen LogP contribution in [0.15, 0.2) is 218 Å². The van der Waals surface area contributed by atoms with Gasteiger partial charge in [-0.05, 0) is 118 Å². The normalized spacial score (nSPS) is 13.9. The number of benzene rings is 10. The second-order valence-corrected chi connectivity index (χ2v) is 18.4. The molecule has 308 valence electrons. The minimum Gasteiger partial charge on any atom is -0.355 e. The van der Waals surface area contributed by atoms with Crippen LogP contribution in [0.25, 0.3) is 38.1 Å². The Morgan fingerprint density at radius 2 is 0.806 bits per heavy atom. The minimum atomic E-state index is -0.0120. The van der Waals surface area contributed by atoms with E-state index in [9.17, 15) is 0 Å². The van der Waals surface area contributed by atoms with E-state index in [1.807, 2.05) is 0 Å². The van der Waals surface area contributed by atoms with Gasteiger partial charge in [-0.15, -0.1) is 0 Å². The van der Waals surface area contributed by atoms with Gasteiger partial charge in [-0.25, -0.2) is 0 Å². The number of nitrogens with zero attached hydrogens (tertiary/aromatic N) is 4. The minimum absolute atomic E-state index is 0.0120. The lowest BCUT2D eigenvalue weighted by Gasteiger charge is -2.44. The predicted molar refractivity (Wildman–Crippen MR) is 284 cm³/mol. The summed E-state index contributed by atoms with van der Waals surface area (Å²) in [5.41, 5.74) is 24.8. The third-order valence-corrected chi connectivity index (χ3v) is 15.3. The Bertz CT molecular complexity index is 4040. The van der Waals surface area contributed by atoms with Crippen molar-refractivity contribution in [3.05, 3.63) is 218 Å². The molecule has 10 aromatic carbocycles. The molecule has 12 aromatic rings. The Hall–Kier alpha value is -8.67. The van der Waals surface area contributed by atoms with Crippen LogP contribution in [0, 0.1) is 0 Å². The highest BCUT2D eigenvalue weighted by Crippen LogP contribution is 2.49. The highest BCUT2D eigenvalue weighted by molar-refractivity contribution is 7.02. The van der Waals surface area contributed by atoms with Gasteiger partial charge in [-0.1, -0.05) is 133 Å². The lowest BCUT2D eigenvalue weighted by atomic mass is 9.33. The fourth-order valence-electron chi connectivity index (χ4n) is 12.8. The maximum Gasteiger partial charge on any atom is 0.253 e. The molecular formula is C60H37B2N5. The van der Waals surface area contributed by atoms with Crippen molar-refractivity contribution >= 4 is 147 Å². The van der Waals surface area contributed by atoms with Crippen LogP contribution in [0.2, 0.25) is 0 Å². The molecule has 0 fully saturated rings. The van der Waals surface area contributed by atoms with E-state index in [0.29, 0.717) is 0 Å². The number of anilines is 11. The number of hydrogen-bond donors (Lipinski definition) is 1. The van der Waals surface area contributed by atoms with Crippen molar-refractivity contribution in [2.45, 2.75) is 0 Å². The van der Waals surface area contributed by atoms with Crippen LogP contribution in [-0.4, -0.2) is 17.8 Å². The number of para-hydroxylation sites is 6. The molecule has 0 atom stereocenters. The summed E-state index contributed by atoms with van der Waals surface area (Å²) in [6, 6.07) is 81.0. The van der Waals surface area contributed by atoms with Crippen molar-refractivity contribution in [1.29, 1.82) is 0 Å². The maximum atomic E-state index is 4.13. The molecule has 2 aromatic heterocycles. The largest absolute Gasteiger partial charge is 0.355 e. The van der Waals surface area contributed by atoms with Crippen LogP contribution < -0.4 is 52.8 Å². The standard InChI is InChI=1S/C60H37B2N5/c1-4-17-37(18-5-1)64-47-28-12-10-25-43(47)61-45-34-33-41-40-23-14-24-42-54-49(67(59(40)42)60(41)58(45)63-46-27-15-30-50(64)55(46)61)35-36-53-57(54)62-44-26-11-13-29-48(44)65(38-19-6-2-7-20-38)51-31-16-32-52(56(51)62)66(53)39-21-8-3-9-22-39/h1-36,63H. The molecule has 5 nitrogen and oxygen atoms in total. The first kappa shape index (κ1) is 35.7. The van der Waals surface area contributed by atoms with Crippen molar-refractivity contribution in [1.82, 2.24) is 4.40 Å². The van der Waals surface area contributed by atoms with Crippen molar-refractivity contribution in [2.75, 3.05) is 20.0 Å². The van der Waals surface area contributed by atoms with E-state index < -0.39 is 0 Å². The number of nitrogens with one attached hydrogen (secondary N) is 1. The van der Waals surface area contributed by atoms with Crippen LogP contribution >= 0.6 is 0 Å². The van der Waals surface area contributed by atoms with Crippen molar-refractivity contribution in [3.63, 3.8) is 0 Å². The molecule has 7 heteroatoms. The molecule has 6 heterocycles. The van der Waals surface area contributed by atoms with Crippen LogP contribution in [-0.2, 0) is 0 Å². The van der Waals surface area contributed by atoms with Gasteiger partial charge in [0.05, 0.1) is 22.2 Å². The van der Waals surface area contributed by atoms with Crippen LogP contribution in [0.1, 0.15) is 0 Å². The number of hydrogen-bond acceptors (Lipinski definition) is 4. The molecule has 1 N–H and O–H groups in total. The summed E-state index contributed by atoms with van der Waals surface area (Å²) in [5.74, 6) is 0. The van der Waals surface area contributed by atoms with E-state index in [0.717, 1.165) is 22.7 Å². The maximum absolute atomic E-state index is 4.13. The first-order chi connectivity index (χ1) is 33.3. The lowest BCUT2D eigenvalue weighted by Crippen LogP contribution is -2.61. The molecule has 0 saturated carbocycles. The summed E-state index contributed by atoms with van der Waals surface area (Å²) >= 11 is 0. The van der Waals surface area contributed by atoms with E-state index in [-0.39, 0.29) is 13.4 Å². The molecule has 0 amide bonds. The molecule has 67 heavy (non-hydrogen) atoms. The van der Waals surface area contributed by atoms with E-state index in [1.165, 1.54) is 111 Å². The molecule has 4 aliphatic heterocycles. The number of rotatable bonds is 3. The second kappa shape index (κ2) is 13.0. The second-order valence-electron chi connectivity index (χ2n) is 18.4. The molecule has 0 spiro atoms. The monoisotopic (exact) mass is 849 g/mol. The van der Waals surface area contributed by atoms with Gasteiger partial charge in [-0.2, -0.15) is 0 Å². The highest BCUT2D eigenvalue weighted by atomic mass is 15.2. The Balaban J connectivity index is 1.00. The number of aromatic nitrogens is 1. The van der Waals surface area contributed by atoms with Gasteiger partial charge in [0.1, 0.15) is 0 Å². The SMILES string of the molecule is c1ccc(N2c3ccccc3B3c4ccc5c6cccc7c8c9c(ccc8n(c5c4Nc4cccc2c43)c67)N(c2ccccc2)c2cccc3c2B9c2ccccc2N3c2ccccc2)cc1. The summed E-state index contributed by atoms with van der Waals surface area (Å²) < 4.78 is 2.61. The first-order valence-electron chi connectivity index (χ1n) is 23.4. The third kappa shape index (κ3) is 4.51. The van der Waals surface area contributed by atoms with Gasteiger partial charge < -0.3 is 24.4 Å². The fraction of sp³-hybridized carbons (Fsp3) is 0. The molecular weight excluding hydrogens is 812 g/mol. The first-order valence-corrected chi connectivity index (χ1v) is 23.4. The van der Waals surface area contributed by atoms with Crippen molar-refractivity contribution in [3.8, 4) is 0 Å². The zero-order valence-electron chi connectivity index (χ0n) is 36.2. The molecule has 0 radical (unpaired) electrons. The number of fused-ring (bicyclic) bond motifs is 16. The van der Waals surface area contributed by atoms with Crippen LogP contribution in [0.4, 0.5) is 62.6 Å². The van der Waals surface area contributed by atoms with E-state index in [4.69, 9.17) is 0 Å². The van der Waals surface area contributed by atoms with Gasteiger partial charge in [0, 0.05) is 78.4 Å². The summed E-state index contributed by atoms with van der Waals surface area (Å²) in [6.45, 7) is 0.0420. The zero-order chi connectivity index (χ0) is 43.5. The third-order valence-electron chi connectivity index (χ3n) is 15.3.